The minimum Gasteiger partial charge on any atom is -0.495 e. The number of piperazine rings is 1. The van der Waals surface area contributed by atoms with Crippen LogP contribution in [0.3, 0.4) is 0 Å². The Morgan fingerprint density at radius 1 is 1.24 bits per heavy atom. The summed E-state index contributed by atoms with van der Waals surface area (Å²) in [6.45, 7) is 7.03. The van der Waals surface area contributed by atoms with Gasteiger partial charge in [0.1, 0.15) is 5.75 Å². The molecule has 29 heavy (non-hydrogen) atoms. The summed E-state index contributed by atoms with van der Waals surface area (Å²) in [5.74, 6) is 0.776. The number of hydrogen-bond acceptors (Lipinski definition) is 5. The third kappa shape index (κ3) is 4.65. The monoisotopic (exact) mass is 399 g/mol. The van der Waals surface area contributed by atoms with Crippen molar-refractivity contribution >= 4 is 23.0 Å². The SMILES string of the molecule is COc1ccccc1N1CC[NH+]([C@H](C)C(=O)Nc2ccc([N+](=O)[O-])cc2C)CC1. The molecule has 1 aliphatic rings. The summed E-state index contributed by atoms with van der Waals surface area (Å²) in [4.78, 5) is 26.7. The lowest BCUT2D eigenvalue weighted by molar-refractivity contribution is -0.914. The molecule has 0 aromatic heterocycles. The fraction of sp³-hybridized carbons (Fsp3) is 0.381. The Morgan fingerprint density at radius 3 is 2.55 bits per heavy atom. The van der Waals surface area contributed by atoms with Gasteiger partial charge in [0.05, 0.1) is 43.9 Å². The predicted octanol–water partition coefficient (Wildman–Crippen LogP) is 1.64. The maximum atomic E-state index is 12.7. The van der Waals surface area contributed by atoms with Gasteiger partial charge in [-0.2, -0.15) is 0 Å². The molecule has 0 unspecified atom stereocenters. The first-order valence-corrected chi connectivity index (χ1v) is 9.69. The van der Waals surface area contributed by atoms with E-state index in [1.54, 1.807) is 20.1 Å². The topological polar surface area (TPSA) is 89.2 Å². The van der Waals surface area contributed by atoms with E-state index in [-0.39, 0.29) is 17.6 Å². The molecular weight excluding hydrogens is 372 g/mol. The largest absolute Gasteiger partial charge is 0.495 e. The minimum absolute atomic E-state index is 0.0200. The van der Waals surface area contributed by atoms with Crippen LogP contribution in [0.1, 0.15) is 12.5 Å². The summed E-state index contributed by atoms with van der Waals surface area (Å²) >= 11 is 0. The summed E-state index contributed by atoms with van der Waals surface area (Å²) in [7, 11) is 1.67. The van der Waals surface area contributed by atoms with Gasteiger partial charge in [-0.3, -0.25) is 14.9 Å². The number of nitrogens with one attached hydrogen (secondary N) is 2. The van der Waals surface area contributed by atoms with E-state index >= 15 is 0 Å². The van der Waals surface area contributed by atoms with Crippen LogP contribution in [-0.2, 0) is 4.79 Å². The maximum Gasteiger partial charge on any atom is 0.282 e. The number of carbonyl (C=O) groups excluding carboxylic acids is 1. The molecule has 2 aromatic rings. The van der Waals surface area contributed by atoms with Crippen LogP contribution < -0.4 is 19.9 Å². The first kappa shape index (κ1) is 20.6. The Balaban J connectivity index is 1.59. The highest BCUT2D eigenvalue weighted by Crippen LogP contribution is 2.27. The smallest absolute Gasteiger partial charge is 0.282 e. The third-order valence-electron chi connectivity index (χ3n) is 5.52. The number of nitro groups is 1. The van der Waals surface area contributed by atoms with Crippen LogP contribution in [0.15, 0.2) is 42.5 Å². The van der Waals surface area contributed by atoms with Gasteiger partial charge < -0.3 is 19.9 Å². The summed E-state index contributed by atoms with van der Waals surface area (Å²) < 4.78 is 5.46. The first-order valence-electron chi connectivity index (χ1n) is 9.69. The molecule has 1 fully saturated rings. The fourth-order valence-corrected chi connectivity index (χ4v) is 3.69. The van der Waals surface area contributed by atoms with Crippen LogP contribution in [0.25, 0.3) is 0 Å². The molecular formula is C21H27N4O4+. The standard InChI is InChI=1S/C21H26N4O4/c1-15-14-17(25(27)28)8-9-18(15)22-21(26)16(2)23-10-12-24(13-11-23)19-6-4-5-7-20(19)29-3/h4-9,14,16H,10-13H2,1-3H3,(H,22,26)/p+1/t16-/m1/s1. The number of nitro benzene ring substituents is 1. The number of non-ortho nitro benzene ring substituents is 1. The maximum absolute atomic E-state index is 12.7. The molecule has 1 atom stereocenters. The van der Waals surface area contributed by atoms with Crippen LogP contribution in [0.2, 0.25) is 0 Å². The van der Waals surface area contributed by atoms with E-state index in [0.717, 1.165) is 37.6 Å². The zero-order valence-corrected chi connectivity index (χ0v) is 17.0. The van der Waals surface area contributed by atoms with Crippen molar-refractivity contribution in [3.05, 3.63) is 58.1 Å². The Bertz CT molecular complexity index is 894. The zero-order valence-electron chi connectivity index (χ0n) is 17.0. The zero-order chi connectivity index (χ0) is 21.0. The van der Waals surface area contributed by atoms with Gasteiger partial charge in [0, 0.05) is 17.8 Å². The molecule has 1 saturated heterocycles. The Morgan fingerprint density at radius 2 is 1.93 bits per heavy atom. The van der Waals surface area contributed by atoms with Crippen molar-refractivity contribution in [3.63, 3.8) is 0 Å². The van der Waals surface area contributed by atoms with Gasteiger partial charge in [0.15, 0.2) is 6.04 Å². The molecule has 2 aromatic carbocycles. The number of hydrogen-bond donors (Lipinski definition) is 2. The molecule has 0 saturated carbocycles. The highest BCUT2D eigenvalue weighted by molar-refractivity contribution is 5.94. The molecule has 0 bridgehead atoms. The number of ether oxygens (including phenoxy) is 1. The number of benzene rings is 2. The summed E-state index contributed by atoms with van der Waals surface area (Å²) in [6, 6.07) is 12.2. The second-order valence-corrected chi connectivity index (χ2v) is 7.28. The van der Waals surface area contributed by atoms with Crippen molar-refractivity contribution in [1.29, 1.82) is 0 Å². The summed E-state index contributed by atoms with van der Waals surface area (Å²) in [5, 5.41) is 13.8. The Kier molecular flexibility index (Phi) is 6.33. The van der Waals surface area contributed by atoms with Crippen molar-refractivity contribution in [2.24, 2.45) is 0 Å². The molecule has 1 heterocycles. The van der Waals surface area contributed by atoms with Gasteiger partial charge in [0.25, 0.3) is 11.6 Å². The van der Waals surface area contributed by atoms with E-state index in [1.165, 1.54) is 17.0 Å². The Labute approximate surface area is 170 Å². The molecule has 154 valence electrons. The lowest BCUT2D eigenvalue weighted by Gasteiger charge is -2.36. The van der Waals surface area contributed by atoms with Crippen LogP contribution in [0, 0.1) is 17.0 Å². The van der Waals surface area contributed by atoms with Crippen molar-refractivity contribution in [2.75, 3.05) is 43.5 Å². The summed E-state index contributed by atoms with van der Waals surface area (Å²) in [5.41, 5.74) is 2.38. The van der Waals surface area contributed by atoms with Crippen LogP contribution in [0.4, 0.5) is 17.1 Å². The molecule has 0 spiro atoms. The van der Waals surface area contributed by atoms with E-state index in [9.17, 15) is 14.9 Å². The lowest BCUT2D eigenvalue weighted by Crippen LogP contribution is -3.19. The molecule has 0 radical (unpaired) electrons. The first-order chi connectivity index (χ1) is 13.9. The van der Waals surface area contributed by atoms with Gasteiger partial charge in [-0.05, 0) is 37.6 Å². The number of methoxy groups -OCH3 is 1. The molecule has 2 N–H and O–H groups in total. The highest BCUT2D eigenvalue weighted by atomic mass is 16.6. The van der Waals surface area contributed by atoms with Crippen LogP contribution in [-0.4, -0.2) is 50.2 Å². The van der Waals surface area contributed by atoms with Crippen molar-refractivity contribution < 1.29 is 19.4 Å². The molecule has 8 heteroatoms. The van der Waals surface area contributed by atoms with Crippen molar-refractivity contribution in [2.45, 2.75) is 19.9 Å². The molecule has 8 nitrogen and oxygen atoms in total. The number of aryl methyl sites for hydroxylation is 1. The lowest BCUT2D eigenvalue weighted by atomic mass is 10.1. The average Bonchev–Trinajstić information content (AvgIpc) is 2.74. The summed E-state index contributed by atoms with van der Waals surface area (Å²) in [6.07, 6.45) is 0. The highest BCUT2D eigenvalue weighted by Gasteiger charge is 2.30. The second kappa shape index (κ2) is 8.91. The number of quaternary nitrogens is 1. The third-order valence-corrected chi connectivity index (χ3v) is 5.52. The predicted molar refractivity (Wildman–Crippen MR) is 112 cm³/mol. The molecule has 3 rings (SSSR count). The number of amides is 1. The van der Waals surface area contributed by atoms with Crippen LogP contribution >= 0.6 is 0 Å². The van der Waals surface area contributed by atoms with E-state index < -0.39 is 4.92 Å². The number of para-hydroxylation sites is 2. The molecule has 0 aliphatic carbocycles. The van der Waals surface area contributed by atoms with Gasteiger partial charge in [0.2, 0.25) is 0 Å². The van der Waals surface area contributed by atoms with Crippen molar-refractivity contribution in [3.8, 4) is 5.75 Å². The quantitative estimate of drug-likeness (QED) is 0.570. The van der Waals surface area contributed by atoms with Gasteiger partial charge in [-0.25, -0.2) is 0 Å². The number of nitrogens with zero attached hydrogens (tertiary/aromatic N) is 2. The van der Waals surface area contributed by atoms with Gasteiger partial charge >= 0.3 is 0 Å². The van der Waals surface area contributed by atoms with Gasteiger partial charge in [-0.15, -0.1) is 0 Å². The molecule has 1 amide bonds. The molecule has 1 aliphatic heterocycles. The van der Waals surface area contributed by atoms with Crippen LogP contribution in [0.5, 0.6) is 5.75 Å². The second-order valence-electron chi connectivity index (χ2n) is 7.28. The number of rotatable bonds is 6. The minimum atomic E-state index is -0.438. The van der Waals surface area contributed by atoms with E-state index in [4.69, 9.17) is 4.74 Å². The number of anilines is 2. The van der Waals surface area contributed by atoms with Gasteiger partial charge in [-0.1, -0.05) is 12.1 Å². The van der Waals surface area contributed by atoms with E-state index in [2.05, 4.69) is 16.3 Å². The fourth-order valence-electron chi connectivity index (χ4n) is 3.69. The average molecular weight is 399 g/mol. The van der Waals surface area contributed by atoms with E-state index in [1.807, 2.05) is 25.1 Å². The normalized spacial score (nSPS) is 15.6. The Hall–Kier alpha value is -3.13. The van der Waals surface area contributed by atoms with E-state index in [0.29, 0.717) is 11.3 Å². The number of carbonyl (C=O) groups is 1. The van der Waals surface area contributed by atoms with Crippen molar-refractivity contribution in [1.82, 2.24) is 0 Å².